The average Bonchev–Trinajstić information content (AvgIpc) is 2.66. The van der Waals surface area contributed by atoms with Crippen molar-refractivity contribution < 1.29 is 4.39 Å². The highest BCUT2D eigenvalue weighted by Gasteiger charge is 2.07. The Balaban J connectivity index is 2.44. The maximum Gasteiger partial charge on any atom is 0.125 e. The molecule has 2 aromatic rings. The summed E-state index contributed by atoms with van der Waals surface area (Å²) in [5.41, 5.74) is 13.7. The van der Waals surface area contributed by atoms with Gasteiger partial charge in [0, 0.05) is 23.5 Å². The molecule has 0 spiro atoms. The molecule has 5 heteroatoms. The molecule has 0 aliphatic carbocycles. The quantitative estimate of drug-likeness (QED) is 0.647. The summed E-state index contributed by atoms with van der Waals surface area (Å²) in [6, 6.07) is 6.01. The summed E-state index contributed by atoms with van der Waals surface area (Å²) in [4.78, 5) is 0. The van der Waals surface area contributed by atoms with Crippen molar-refractivity contribution in [1.82, 2.24) is 10.2 Å². The summed E-state index contributed by atoms with van der Waals surface area (Å²) >= 11 is 0. The first-order valence-electron chi connectivity index (χ1n) is 4.50. The molecule has 0 amide bonds. The number of aromatic amines is 1. The van der Waals surface area contributed by atoms with Crippen molar-refractivity contribution >= 4 is 5.69 Å². The SMILES string of the molecule is NCc1cc(-c2ccc(F)cc2N)n[nH]1. The van der Waals surface area contributed by atoms with Crippen molar-refractivity contribution in [3.05, 3.63) is 35.8 Å². The van der Waals surface area contributed by atoms with E-state index in [9.17, 15) is 4.39 Å². The lowest BCUT2D eigenvalue weighted by molar-refractivity contribution is 0.628. The van der Waals surface area contributed by atoms with E-state index in [2.05, 4.69) is 10.2 Å². The fourth-order valence-electron chi connectivity index (χ4n) is 1.37. The molecule has 0 aliphatic rings. The van der Waals surface area contributed by atoms with Gasteiger partial charge < -0.3 is 11.5 Å². The van der Waals surface area contributed by atoms with Crippen LogP contribution in [0.2, 0.25) is 0 Å². The minimum Gasteiger partial charge on any atom is -0.398 e. The molecule has 1 heterocycles. The van der Waals surface area contributed by atoms with E-state index in [-0.39, 0.29) is 5.82 Å². The lowest BCUT2D eigenvalue weighted by Gasteiger charge is -2.01. The second-order valence-corrected chi connectivity index (χ2v) is 3.21. The fraction of sp³-hybridized carbons (Fsp3) is 0.100. The molecular formula is C10H11FN4. The first-order valence-corrected chi connectivity index (χ1v) is 4.50. The molecular weight excluding hydrogens is 195 g/mol. The molecule has 2 rings (SSSR count). The molecule has 0 saturated carbocycles. The van der Waals surface area contributed by atoms with Gasteiger partial charge in [0.2, 0.25) is 0 Å². The van der Waals surface area contributed by atoms with Crippen LogP contribution in [0.3, 0.4) is 0 Å². The molecule has 0 aliphatic heterocycles. The van der Waals surface area contributed by atoms with Gasteiger partial charge in [-0.1, -0.05) is 0 Å². The number of halogens is 1. The van der Waals surface area contributed by atoms with Gasteiger partial charge in [-0.2, -0.15) is 5.10 Å². The van der Waals surface area contributed by atoms with Crippen LogP contribution in [0.15, 0.2) is 24.3 Å². The van der Waals surface area contributed by atoms with Crippen LogP contribution in [0.25, 0.3) is 11.3 Å². The minimum absolute atomic E-state index is 0.356. The smallest absolute Gasteiger partial charge is 0.125 e. The van der Waals surface area contributed by atoms with Crippen molar-refractivity contribution in [3.8, 4) is 11.3 Å². The Morgan fingerprint density at radius 1 is 1.33 bits per heavy atom. The van der Waals surface area contributed by atoms with Crippen LogP contribution < -0.4 is 11.5 Å². The third-order valence-electron chi connectivity index (χ3n) is 2.14. The summed E-state index contributed by atoms with van der Waals surface area (Å²) in [5.74, 6) is -0.356. The van der Waals surface area contributed by atoms with E-state index in [1.54, 1.807) is 12.1 Å². The second kappa shape index (κ2) is 3.70. The number of anilines is 1. The number of nitrogens with one attached hydrogen (secondary N) is 1. The van der Waals surface area contributed by atoms with Crippen molar-refractivity contribution in [2.45, 2.75) is 6.54 Å². The van der Waals surface area contributed by atoms with Crippen LogP contribution in [0.5, 0.6) is 0 Å². The van der Waals surface area contributed by atoms with E-state index in [0.717, 1.165) is 5.69 Å². The Labute approximate surface area is 86.1 Å². The normalized spacial score (nSPS) is 10.5. The van der Waals surface area contributed by atoms with Crippen molar-refractivity contribution in [1.29, 1.82) is 0 Å². The largest absolute Gasteiger partial charge is 0.398 e. The minimum atomic E-state index is -0.356. The number of H-pyrrole nitrogens is 1. The predicted molar refractivity (Wildman–Crippen MR) is 56.3 cm³/mol. The molecule has 0 bridgehead atoms. The van der Waals surface area contributed by atoms with Gasteiger partial charge in [0.05, 0.1) is 5.69 Å². The van der Waals surface area contributed by atoms with Gasteiger partial charge in [0.15, 0.2) is 0 Å². The van der Waals surface area contributed by atoms with Gasteiger partial charge in [-0.25, -0.2) is 4.39 Å². The van der Waals surface area contributed by atoms with Crippen molar-refractivity contribution in [2.75, 3.05) is 5.73 Å². The zero-order valence-corrected chi connectivity index (χ0v) is 8.00. The number of nitrogen functional groups attached to an aromatic ring is 1. The summed E-state index contributed by atoms with van der Waals surface area (Å²) in [6.45, 7) is 0.383. The molecule has 0 atom stereocenters. The molecule has 5 N–H and O–H groups in total. The lowest BCUT2D eigenvalue weighted by atomic mass is 10.1. The van der Waals surface area contributed by atoms with Crippen molar-refractivity contribution in [3.63, 3.8) is 0 Å². The van der Waals surface area contributed by atoms with E-state index in [1.807, 2.05) is 0 Å². The number of rotatable bonds is 2. The number of aromatic nitrogens is 2. The standard InChI is InChI=1S/C10H11FN4/c11-6-1-2-8(9(13)3-6)10-4-7(5-12)14-15-10/h1-4H,5,12-13H2,(H,14,15). The molecule has 0 unspecified atom stereocenters. The second-order valence-electron chi connectivity index (χ2n) is 3.21. The zero-order valence-electron chi connectivity index (χ0n) is 8.00. The van der Waals surface area contributed by atoms with Crippen LogP contribution in [0, 0.1) is 5.82 Å². The summed E-state index contributed by atoms with van der Waals surface area (Å²) in [6.07, 6.45) is 0. The third-order valence-corrected chi connectivity index (χ3v) is 2.14. The Bertz CT molecular complexity index is 478. The van der Waals surface area contributed by atoms with Gasteiger partial charge in [0.25, 0.3) is 0 Å². The van der Waals surface area contributed by atoms with E-state index < -0.39 is 0 Å². The van der Waals surface area contributed by atoms with Gasteiger partial charge in [-0.3, -0.25) is 5.10 Å². The number of nitrogens with zero attached hydrogens (tertiary/aromatic N) is 1. The number of hydrogen-bond acceptors (Lipinski definition) is 3. The number of benzene rings is 1. The molecule has 1 aromatic heterocycles. The van der Waals surface area contributed by atoms with Crippen LogP contribution in [-0.2, 0) is 6.54 Å². The Morgan fingerprint density at radius 2 is 2.13 bits per heavy atom. The zero-order chi connectivity index (χ0) is 10.8. The van der Waals surface area contributed by atoms with Crippen LogP contribution >= 0.6 is 0 Å². The maximum atomic E-state index is 12.8. The lowest BCUT2D eigenvalue weighted by Crippen LogP contribution is -1.95. The molecule has 15 heavy (non-hydrogen) atoms. The fourth-order valence-corrected chi connectivity index (χ4v) is 1.37. The number of hydrogen-bond donors (Lipinski definition) is 3. The van der Waals surface area contributed by atoms with Gasteiger partial charge >= 0.3 is 0 Å². The Morgan fingerprint density at radius 3 is 2.73 bits per heavy atom. The molecule has 0 radical (unpaired) electrons. The highest BCUT2D eigenvalue weighted by atomic mass is 19.1. The van der Waals surface area contributed by atoms with E-state index >= 15 is 0 Å². The van der Waals surface area contributed by atoms with Gasteiger partial charge in [0.1, 0.15) is 5.82 Å². The summed E-state index contributed by atoms with van der Waals surface area (Å²) in [7, 11) is 0. The topological polar surface area (TPSA) is 80.7 Å². The first kappa shape index (κ1) is 9.67. The van der Waals surface area contributed by atoms with Gasteiger partial charge in [-0.05, 0) is 24.3 Å². The van der Waals surface area contributed by atoms with E-state index in [0.29, 0.717) is 23.5 Å². The number of nitrogens with two attached hydrogens (primary N) is 2. The third kappa shape index (κ3) is 1.82. The molecule has 1 aromatic carbocycles. The predicted octanol–water partition coefficient (Wildman–Crippen LogP) is 1.26. The van der Waals surface area contributed by atoms with Gasteiger partial charge in [-0.15, -0.1) is 0 Å². The molecule has 4 nitrogen and oxygen atoms in total. The Hall–Kier alpha value is -1.88. The highest BCUT2D eigenvalue weighted by molar-refractivity contribution is 5.73. The van der Waals surface area contributed by atoms with Crippen LogP contribution in [-0.4, -0.2) is 10.2 Å². The summed E-state index contributed by atoms with van der Waals surface area (Å²) < 4.78 is 12.8. The van der Waals surface area contributed by atoms with Crippen molar-refractivity contribution in [2.24, 2.45) is 5.73 Å². The Kier molecular flexibility index (Phi) is 2.39. The van der Waals surface area contributed by atoms with Crippen LogP contribution in [0.4, 0.5) is 10.1 Å². The average molecular weight is 206 g/mol. The first-order chi connectivity index (χ1) is 7.20. The van der Waals surface area contributed by atoms with Crippen LogP contribution in [0.1, 0.15) is 5.69 Å². The molecule has 0 fully saturated rings. The molecule has 78 valence electrons. The highest BCUT2D eigenvalue weighted by Crippen LogP contribution is 2.24. The monoisotopic (exact) mass is 206 g/mol. The molecule has 0 saturated heterocycles. The van der Waals surface area contributed by atoms with E-state index in [1.165, 1.54) is 12.1 Å². The summed E-state index contributed by atoms with van der Waals surface area (Å²) in [5, 5.41) is 6.81. The maximum absolute atomic E-state index is 12.8. The van der Waals surface area contributed by atoms with E-state index in [4.69, 9.17) is 11.5 Å².